The first-order valence-electron chi connectivity index (χ1n) is 5.65. The van der Waals surface area contributed by atoms with Gasteiger partial charge in [-0.3, -0.25) is 9.89 Å². The molecule has 1 aromatic carbocycles. The molecule has 0 saturated carbocycles. The molecule has 1 aromatic heterocycles. The van der Waals surface area contributed by atoms with E-state index in [9.17, 15) is 4.79 Å². The molecule has 0 aliphatic heterocycles. The van der Waals surface area contributed by atoms with Crippen LogP contribution in [0, 0.1) is 6.57 Å². The van der Waals surface area contributed by atoms with Gasteiger partial charge in [-0.25, -0.2) is 6.57 Å². The van der Waals surface area contributed by atoms with Gasteiger partial charge in [0.05, 0.1) is 5.69 Å². The zero-order valence-electron chi connectivity index (χ0n) is 10.2. The second-order valence-corrected chi connectivity index (χ2v) is 4.14. The van der Waals surface area contributed by atoms with Gasteiger partial charge in [0.1, 0.15) is 5.56 Å². The van der Waals surface area contributed by atoms with Crippen molar-refractivity contribution in [3.05, 3.63) is 58.1 Å². The lowest BCUT2D eigenvalue weighted by molar-refractivity contribution is 0.100. The molecule has 2 aromatic rings. The van der Waals surface area contributed by atoms with Gasteiger partial charge in [0.2, 0.25) is 6.54 Å². The molecule has 2 rings (SSSR count). The highest BCUT2D eigenvalue weighted by Gasteiger charge is 2.16. The van der Waals surface area contributed by atoms with Gasteiger partial charge in [-0.2, -0.15) is 5.10 Å². The Bertz CT molecular complexity index is 636. The second-order valence-electron chi connectivity index (χ2n) is 4.14. The molecule has 0 atom stereocenters. The summed E-state index contributed by atoms with van der Waals surface area (Å²) in [5.74, 6) is -0.474. The summed E-state index contributed by atoms with van der Waals surface area (Å²) < 4.78 is 0. The summed E-state index contributed by atoms with van der Waals surface area (Å²) in [6.07, 6.45) is 0.487. The predicted octanol–water partition coefficient (Wildman–Crippen LogP) is 1.10. The van der Waals surface area contributed by atoms with Crippen LogP contribution in [0.15, 0.2) is 24.3 Å². The minimum absolute atomic E-state index is 0.118. The van der Waals surface area contributed by atoms with Crippen molar-refractivity contribution in [3.63, 3.8) is 0 Å². The molecule has 6 heteroatoms. The Balaban J connectivity index is 2.22. The van der Waals surface area contributed by atoms with Crippen molar-refractivity contribution in [1.82, 2.24) is 10.2 Å². The highest BCUT2D eigenvalue weighted by molar-refractivity contribution is 5.98. The highest BCUT2D eigenvalue weighted by atomic mass is 16.1. The minimum atomic E-state index is -0.592. The molecule has 0 aliphatic carbocycles. The molecule has 0 bridgehead atoms. The number of nitrogens with one attached hydrogen (secondary N) is 1. The fourth-order valence-electron chi connectivity index (χ4n) is 1.85. The Morgan fingerprint density at radius 1 is 1.32 bits per heavy atom. The van der Waals surface area contributed by atoms with E-state index >= 15 is 0 Å². The standard InChI is InChI=1S/C13H13N5O/c1-16-7-9-4-2-8(3-5-9)6-10-11(13(15)19)12(14)18-17-10/h2-5H,6-7H2,(H2,15,19)(H3,14,17,18). The van der Waals surface area contributed by atoms with Crippen LogP contribution in [0.3, 0.4) is 0 Å². The van der Waals surface area contributed by atoms with Crippen LogP contribution in [-0.2, 0) is 13.0 Å². The molecular weight excluding hydrogens is 242 g/mol. The number of aromatic amines is 1. The van der Waals surface area contributed by atoms with Crippen LogP contribution in [-0.4, -0.2) is 16.1 Å². The molecule has 0 aliphatic rings. The fraction of sp³-hybridized carbons (Fsp3) is 0.154. The molecule has 0 saturated heterocycles. The minimum Gasteiger partial charge on any atom is -0.382 e. The number of amides is 1. The van der Waals surface area contributed by atoms with E-state index in [-0.39, 0.29) is 11.4 Å². The van der Waals surface area contributed by atoms with Crippen LogP contribution >= 0.6 is 0 Å². The summed E-state index contributed by atoms with van der Waals surface area (Å²) in [6, 6.07) is 7.58. The number of benzene rings is 1. The Morgan fingerprint density at radius 3 is 2.53 bits per heavy atom. The Hall–Kier alpha value is -2.81. The van der Waals surface area contributed by atoms with Crippen molar-refractivity contribution in [2.24, 2.45) is 5.73 Å². The Morgan fingerprint density at radius 2 is 1.95 bits per heavy atom. The lowest BCUT2D eigenvalue weighted by Gasteiger charge is -2.02. The van der Waals surface area contributed by atoms with Gasteiger partial charge >= 0.3 is 0 Å². The molecule has 5 N–H and O–H groups in total. The van der Waals surface area contributed by atoms with E-state index in [0.29, 0.717) is 18.7 Å². The van der Waals surface area contributed by atoms with E-state index in [4.69, 9.17) is 18.0 Å². The summed E-state index contributed by atoms with van der Waals surface area (Å²) in [7, 11) is 0. The third kappa shape index (κ3) is 2.72. The van der Waals surface area contributed by atoms with Crippen LogP contribution in [0.5, 0.6) is 0 Å². The van der Waals surface area contributed by atoms with Crippen LogP contribution in [0.4, 0.5) is 5.82 Å². The first kappa shape index (κ1) is 12.6. The van der Waals surface area contributed by atoms with E-state index in [1.807, 2.05) is 24.3 Å². The van der Waals surface area contributed by atoms with Crippen molar-refractivity contribution < 1.29 is 4.79 Å². The van der Waals surface area contributed by atoms with Gasteiger partial charge in [-0.05, 0) is 5.56 Å². The molecule has 0 radical (unpaired) electrons. The van der Waals surface area contributed by atoms with Crippen molar-refractivity contribution in [2.75, 3.05) is 5.73 Å². The molecular formula is C13H13N5O. The maximum Gasteiger partial charge on any atom is 0.254 e. The molecule has 1 heterocycles. The number of rotatable bonds is 4. The summed E-state index contributed by atoms with van der Waals surface area (Å²) in [4.78, 5) is 14.6. The Kier molecular flexibility index (Phi) is 3.48. The lowest BCUT2D eigenvalue weighted by atomic mass is 10.0. The smallest absolute Gasteiger partial charge is 0.254 e. The van der Waals surface area contributed by atoms with Gasteiger partial charge in [0.15, 0.2) is 5.82 Å². The number of aromatic nitrogens is 2. The molecule has 0 unspecified atom stereocenters. The highest BCUT2D eigenvalue weighted by Crippen LogP contribution is 2.17. The van der Waals surface area contributed by atoms with Crippen molar-refractivity contribution in [1.29, 1.82) is 0 Å². The molecule has 19 heavy (non-hydrogen) atoms. The summed E-state index contributed by atoms with van der Waals surface area (Å²) in [6.45, 7) is 7.16. The summed E-state index contributed by atoms with van der Waals surface area (Å²) in [5, 5.41) is 6.51. The number of hydrogen-bond acceptors (Lipinski definition) is 3. The van der Waals surface area contributed by atoms with Gasteiger partial charge in [0.25, 0.3) is 5.91 Å². The number of primary amides is 1. The first-order valence-corrected chi connectivity index (χ1v) is 5.65. The third-order valence-electron chi connectivity index (χ3n) is 2.78. The van der Waals surface area contributed by atoms with Gasteiger partial charge < -0.3 is 16.3 Å². The number of hydrogen-bond donors (Lipinski definition) is 3. The molecule has 0 spiro atoms. The number of carbonyl (C=O) groups excluding carboxylic acids is 1. The number of nitrogens with two attached hydrogens (primary N) is 2. The zero-order chi connectivity index (χ0) is 13.8. The van der Waals surface area contributed by atoms with Crippen LogP contribution in [0.1, 0.15) is 27.2 Å². The molecule has 6 nitrogen and oxygen atoms in total. The second kappa shape index (κ2) is 5.23. The number of carbonyl (C=O) groups is 1. The van der Waals surface area contributed by atoms with Crippen LogP contribution in [0.25, 0.3) is 4.85 Å². The normalized spacial score (nSPS) is 10.1. The van der Waals surface area contributed by atoms with Crippen molar-refractivity contribution >= 4 is 11.7 Å². The monoisotopic (exact) mass is 255 g/mol. The first-order chi connectivity index (χ1) is 9.11. The summed E-state index contributed by atoms with van der Waals surface area (Å²) in [5.41, 5.74) is 13.6. The number of nitrogens with zero attached hydrogens (tertiary/aromatic N) is 2. The summed E-state index contributed by atoms with van der Waals surface area (Å²) >= 11 is 0. The fourth-order valence-corrected chi connectivity index (χ4v) is 1.85. The lowest BCUT2D eigenvalue weighted by Crippen LogP contribution is -2.14. The van der Waals surface area contributed by atoms with Gasteiger partial charge in [-0.15, -0.1) is 0 Å². The van der Waals surface area contributed by atoms with Gasteiger partial charge in [-0.1, -0.05) is 24.3 Å². The zero-order valence-corrected chi connectivity index (χ0v) is 10.2. The van der Waals surface area contributed by atoms with Crippen molar-refractivity contribution in [3.8, 4) is 0 Å². The Labute approximate surface area is 110 Å². The van der Waals surface area contributed by atoms with E-state index < -0.39 is 5.91 Å². The third-order valence-corrected chi connectivity index (χ3v) is 2.78. The largest absolute Gasteiger partial charge is 0.382 e. The predicted molar refractivity (Wildman–Crippen MR) is 71.1 cm³/mol. The molecule has 0 fully saturated rings. The van der Waals surface area contributed by atoms with E-state index in [1.165, 1.54) is 0 Å². The van der Waals surface area contributed by atoms with E-state index in [2.05, 4.69) is 15.0 Å². The van der Waals surface area contributed by atoms with Crippen LogP contribution < -0.4 is 11.5 Å². The van der Waals surface area contributed by atoms with E-state index in [1.54, 1.807) is 0 Å². The van der Waals surface area contributed by atoms with E-state index in [0.717, 1.165) is 11.1 Å². The quantitative estimate of drug-likeness (QED) is 0.713. The average molecular weight is 255 g/mol. The molecule has 96 valence electrons. The number of nitrogen functional groups attached to an aromatic ring is 1. The van der Waals surface area contributed by atoms with Gasteiger partial charge in [0, 0.05) is 12.0 Å². The molecule has 1 amide bonds. The maximum absolute atomic E-state index is 11.3. The topological polar surface area (TPSA) is 102 Å². The van der Waals surface area contributed by atoms with Crippen LogP contribution in [0.2, 0.25) is 0 Å². The average Bonchev–Trinajstić information content (AvgIpc) is 2.73. The maximum atomic E-state index is 11.3. The SMILES string of the molecule is [C-]#[N+]Cc1ccc(Cc2[nH]nc(N)c2C(N)=O)cc1. The number of anilines is 1. The number of H-pyrrole nitrogens is 1. The van der Waals surface area contributed by atoms with Crippen molar-refractivity contribution in [2.45, 2.75) is 13.0 Å².